The van der Waals surface area contributed by atoms with Gasteiger partial charge in [0.05, 0.1) is 12.8 Å². The maximum Gasteiger partial charge on any atom is 0.276 e. The average Bonchev–Trinajstić information content (AvgIpc) is 3.08. The fraction of sp³-hybridized carbons (Fsp3) is 0.0714. The molecule has 2 heterocycles. The van der Waals surface area contributed by atoms with E-state index in [-0.39, 0.29) is 11.6 Å². The van der Waals surface area contributed by atoms with Crippen molar-refractivity contribution in [1.82, 2.24) is 25.6 Å². The summed E-state index contributed by atoms with van der Waals surface area (Å²) < 4.78 is 5.23. The minimum atomic E-state index is -0.470. The highest BCUT2D eigenvalue weighted by Gasteiger charge is 2.14. The number of nitrogen functional groups attached to an aromatic ring is 1. The molecule has 0 unspecified atom stereocenters. The number of benzene rings is 1. The van der Waals surface area contributed by atoms with Crippen LogP contribution in [0.1, 0.15) is 10.5 Å². The van der Waals surface area contributed by atoms with Crippen molar-refractivity contribution < 1.29 is 9.53 Å². The first-order valence-electron chi connectivity index (χ1n) is 6.62. The van der Waals surface area contributed by atoms with E-state index in [9.17, 15) is 4.79 Å². The summed E-state index contributed by atoms with van der Waals surface area (Å²) in [5, 5.41) is 15.4. The molecule has 9 nitrogen and oxygen atoms in total. The van der Waals surface area contributed by atoms with Gasteiger partial charge in [0, 0.05) is 23.4 Å². The number of pyridine rings is 1. The SMILES string of the molecule is COc1cc(C(=O)Nc2nn[nH]n2)nc(-c2ccc(N)cc2)c1. The number of carbonyl (C=O) groups is 1. The van der Waals surface area contributed by atoms with Crippen LogP contribution in [-0.4, -0.2) is 38.6 Å². The Balaban J connectivity index is 1.95. The fourth-order valence-corrected chi connectivity index (χ4v) is 1.92. The number of anilines is 2. The van der Waals surface area contributed by atoms with Crippen molar-refractivity contribution in [3.05, 3.63) is 42.1 Å². The normalized spacial score (nSPS) is 10.3. The van der Waals surface area contributed by atoms with E-state index in [1.54, 1.807) is 18.2 Å². The molecule has 1 amide bonds. The molecule has 23 heavy (non-hydrogen) atoms. The Kier molecular flexibility index (Phi) is 3.83. The predicted octanol–water partition coefficient (Wildman–Crippen LogP) is 1.10. The third-order valence-electron chi connectivity index (χ3n) is 3.04. The Morgan fingerprint density at radius 3 is 2.70 bits per heavy atom. The molecule has 0 aliphatic rings. The lowest BCUT2D eigenvalue weighted by Gasteiger charge is -2.08. The number of methoxy groups -OCH3 is 1. The first-order valence-corrected chi connectivity index (χ1v) is 6.62. The van der Waals surface area contributed by atoms with Crippen molar-refractivity contribution in [3.63, 3.8) is 0 Å². The first-order chi connectivity index (χ1) is 11.2. The van der Waals surface area contributed by atoms with Gasteiger partial charge in [0.2, 0.25) is 0 Å². The van der Waals surface area contributed by atoms with Gasteiger partial charge in [0.1, 0.15) is 11.4 Å². The quantitative estimate of drug-likeness (QED) is 0.615. The minimum Gasteiger partial charge on any atom is -0.497 e. The van der Waals surface area contributed by atoms with Gasteiger partial charge in [-0.3, -0.25) is 10.1 Å². The van der Waals surface area contributed by atoms with E-state index in [1.807, 2.05) is 12.1 Å². The third-order valence-corrected chi connectivity index (χ3v) is 3.04. The molecule has 3 aromatic rings. The van der Waals surface area contributed by atoms with Gasteiger partial charge < -0.3 is 10.5 Å². The zero-order valence-corrected chi connectivity index (χ0v) is 12.1. The highest BCUT2D eigenvalue weighted by Crippen LogP contribution is 2.24. The summed E-state index contributed by atoms with van der Waals surface area (Å²) >= 11 is 0. The number of hydrogen-bond acceptors (Lipinski definition) is 7. The predicted molar refractivity (Wildman–Crippen MR) is 82.8 cm³/mol. The molecular formula is C14H13N7O2. The van der Waals surface area contributed by atoms with Crippen LogP contribution < -0.4 is 15.8 Å². The van der Waals surface area contributed by atoms with Crippen LogP contribution >= 0.6 is 0 Å². The monoisotopic (exact) mass is 311 g/mol. The van der Waals surface area contributed by atoms with Crippen LogP contribution in [0.25, 0.3) is 11.3 Å². The van der Waals surface area contributed by atoms with Crippen LogP contribution in [0, 0.1) is 0 Å². The van der Waals surface area contributed by atoms with Crippen molar-refractivity contribution in [2.45, 2.75) is 0 Å². The highest BCUT2D eigenvalue weighted by atomic mass is 16.5. The fourth-order valence-electron chi connectivity index (χ4n) is 1.92. The molecule has 0 bridgehead atoms. The number of aromatic nitrogens is 5. The number of nitrogens with one attached hydrogen (secondary N) is 2. The maximum absolute atomic E-state index is 12.2. The molecule has 0 aliphatic heterocycles. The van der Waals surface area contributed by atoms with Crippen LogP contribution in [0.3, 0.4) is 0 Å². The summed E-state index contributed by atoms with van der Waals surface area (Å²) in [6.45, 7) is 0. The summed E-state index contributed by atoms with van der Waals surface area (Å²) in [5.74, 6) is 0.0979. The number of ether oxygens (including phenoxy) is 1. The molecule has 0 atom stereocenters. The van der Waals surface area contributed by atoms with Crippen molar-refractivity contribution in [2.24, 2.45) is 0 Å². The van der Waals surface area contributed by atoms with Gasteiger partial charge in [0.25, 0.3) is 11.9 Å². The number of tetrazole rings is 1. The molecule has 0 radical (unpaired) electrons. The number of amides is 1. The van der Waals surface area contributed by atoms with Gasteiger partial charge >= 0.3 is 0 Å². The number of nitrogens with zero attached hydrogens (tertiary/aromatic N) is 4. The maximum atomic E-state index is 12.2. The van der Waals surface area contributed by atoms with Gasteiger partial charge in [-0.1, -0.05) is 17.2 Å². The van der Waals surface area contributed by atoms with Crippen LogP contribution in [0.2, 0.25) is 0 Å². The molecule has 0 saturated carbocycles. The van der Waals surface area contributed by atoms with E-state index in [0.717, 1.165) is 5.56 Å². The lowest BCUT2D eigenvalue weighted by molar-refractivity contribution is 0.102. The number of nitrogens with two attached hydrogens (primary N) is 1. The topological polar surface area (TPSA) is 132 Å². The molecule has 2 aromatic heterocycles. The standard InChI is InChI=1S/C14H13N7O2/c1-23-10-6-11(8-2-4-9(15)5-3-8)16-12(7-10)13(22)17-14-18-20-21-19-14/h2-7H,15H2,1H3,(H2,17,18,19,20,21,22). The Hall–Kier alpha value is -3.49. The average molecular weight is 311 g/mol. The molecule has 0 spiro atoms. The number of hydrogen-bond donors (Lipinski definition) is 3. The summed E-state index contributed by atoms with van der Waals surface area (Å²) in [5.41, 5.74) is 7.89. The molecule has 9 heteroatoms. The lowest BCUT2D eigenvalue weighted by Crippen LogP contribution is -2.15. The summed E-state index contributed by atoms with van der Waals surface area (Å²) in [6.07, 6.45) is 0. The largest absolute Gasteiger partial charge is 0.497 e. The van der Waals surface area contributed by atoms with Crippen molar-refractivity contribution in [3.8, 4) is 17.0 Å². The Morgan fingerprint density at radius 1 is 1.26 bits per heavy atom. The zero-order chi connectivity index (χ0) is 16.2. The third kappa shape index (κ3) is 3.23. The second-order valence-corrected chi connectivity index (χ2v) is 4.59. The molecule has 4 N–H and O–H groups in total. The number of carbonyl (C=O) groups excluding carboxylic acids is 1. The van der Waals surface area contributed by atoms with Crippen molar-refractivity contribution in [1.29, 1.82) is 0 Å². The van der Waals surface area contributed by atoms with Crippen LogP contribution in [0.5, 0.6) is 5.75 Å². The van der Waals surface area contributed by atoms with Gasteiger partial charge in [-0.15, -0.1) is 5.10 Å². The Bertz CT molecular complexity index is 816. The van der Waals surface area contributed by atoms with Gasteiger partial charge in [-0.05, 0) is 17.3 Å². The second kappa shape index (κ2) is 6.10. The molecule has 0 saturated heterocycles. The lowest BCUT2D eigenvalue weighted by atomic mass is 10.1. The van der Waals surface area contributed by atoms with Crippen LogP contribution in [0.15, 0.2) is 36.4 Å². The van der Waals surface area contributed by atoms with Crippen LogP contribution in [0.4, 0.5) is 11.6 Å². The highest BCUT2D eigenvalue weighted by molar-refractivity contribution is 6.02. The van der Waals surface area contributed by atoms with Crippen molar-refractivity contribution in [2.75, 3.05) is 18.2 Å². The van der Waals surface area contributed by atoms with Crippen LogP contribution in [-0.2, 0) is 0 Å². The molecule has 3 rings (SSSR count). The molecule has 116 valence electrons. The first kappa shape index (κ1) is 14.4. The van der Waals surface area contributed by atoms with Crippen molar-refractivity contribution >= 4 is 17.5 Å². The summed E-state index contributed by atoms with van der Waals surface area (Å²) in [4.78, 5) is 16.6. The smallest absolute Gasteiger partial charge is 0.276 e. The molecular weight excluding hydrogens is 298 g/mol. The van der Waals surface area contributed by atoms with Gasteiger partial charge in [0.15, 0.2) is 0 Å². The Labute approximate surface area is 130 Å². The Morgan fingerprint density at radius 2 is 2.04 bits per heavy atom. The van der Waals surface area contributed by atoms with E-state index in [1.165, 1.54) is 13.2 Å². The van der Waals surface area contributed by atoms with E-state index >= 15 is 0 Å². The summed E-state index contributed by atoms with van der Waals surface area (Å²) in [7, 11) is 1.52. The summed E-state index contributed by atoms with van der Waals surface area (Å²) in [6, 6.07) is 10.4. The van der Waals surface area contributed by atoms with Gasteiger partial charge in [-0.2, -0.15) is 5.21 Å². The number of aromatic amines is 1. The van der Waals surface area contributed by atoms with E-state index in [2.05, 4.69) is 30.9 Å². The van der Waals surface area contributed by atoms with E-state index < -0.39 is 5.91 Å². The minimum absolute atomic E-state index is 0.0636. The zero-order valence-electron chi connectivity index (χ0n) is 12.1. The molecule has 1 aromatic carbocycles. The van der Waals surface area contributed by atoms with E-state index in [4.69, 9.17) is 10.5 Å². The molecule has 0 fully saturated rings. The van der Waals surface area contributed by atoms with E-state index in [0.29, 0.717) is 17.1 Å². The number of H-pyrrole nitrogens is 1. The number of rotatable bonds is 4. The van der Waals surface area contributed by atoms with Gasteiger partial charge in [-0.25, -0.2) is 4.98 Å². The second-order valence-electron chi connectivity index (χ2n) is 4.59. The molecule has 0 aliphatic carbocycles.